The SMILES string of the molecule is O=C1CN(c2c(OCc3ccccc3)cc3ccc(C4CCCO4)cc3c2F)S(=O)(=O)N1. The first-order valence-electron chi connectivity index (χ1n) is 10.3. The van der Waals surface area contributed by atoms with Gasteiger partial charge in [-0.2, -0.15) is 8.42 Å². The van der Waals surface area contributed by atoms with Crippen LogP contribution in [-0.2, 0) is 26.3 Å². The maximum Gasteiger partial charge on any atom is 0.326 e. The first-order chi connectivity index (χ1) is 15.4. The van der Waals surface area contributed by atoms with Gasteiger partial charge in [-0.1, -0.05) is 42.5 Å². The van der Waals surface area contributed by atoms with Gasteiger partial charge in [-0.25, -0.2) is 13.4 Å². The van der Waals surface area contributed by atoms with Crippen molar-refractivity contribution in [3.05, 3.63) is 71.5 Å². The largest absolute Gasteiger partial charge is 0.487 e. The van der Waals surface area contributed by atoms with Crippen LogP contribution in [0.1, 0.15) is 30.1 Å². The van der Waals surface area contributed by atoms with E-state index in [1.54, 1.807) is 18.2 Å². The Morgan fingerprint density at radius 2 is 1.97 bits per heavy atom. The molecule has 2 aliphatic rings. The van der Waals surface area contributed by atoms with E-state index in [2.05, 4.69) is 0 Å². The van der Waals surface area contributed by atoms with E-state index in [0.717, 1.165) is 28.3 Å². The predicted octanol–water partition coefficient (Wildman–Crippen LogP) is 3.59. The fourth-order valence-corrected chi connectivity index (χ4v) is 5.26. The number of rotatable bonds is 5. The number of amides is 1. The van der Waals surface area contributed by atoms with Gasteiger partial charge in [0.2, 0.25) is 0 Å². The Morgan fingerprint density at radius 1 is 1.16 bits per heavy atom. The Bertz CT molecular complexity index is 1290. The van der Waals surface area contributed by atoms with Gasteiger partial charge in [-0.05, 0) is 41.5 Å². The summed E-state index contributed by atoms with van der Waals surface area (Å²) in [6, 6.07) is 16.2. The molecule has 2 heterocycles. The maximum absolute atomic E-state index is 15.9. The highest BCUT2D eigenvalue weighted by Crippen LogP contribution is 2.41. The van der Waals surface area contributed by atoms with Crippen LogP contribution in [0.5, 0.6) is 5.75 Å². The van der Waals surface area contributed by atoms with E-state index in [-0.39, 0.29) is 29.5 Å². The van der Waals surface area contributed by atoms with Crippen LogP contribution in [0.2, 0.25) is 0 Å². The summed E-state index contributed by atoms with van der Waals surface area (Å²) >= 11 is 0. The highest BCUT2D eigenvalue weighted by Gasteiger charge is 2.38. The maximum atomic E-state index is 15.9. The molecule has 2 aliphatic heterocycles. The van der Waals surface area contributed by atoms with Gasteiger partial charge >= 0.3 is 10.2 Å². The molecule has 0 spiro atoms. The molecule has 2 fully saturated rings. The fourth-order valence-electron chi connectivity index (χ4n) is 4.10. The molecule has 0 aliphatic carbocycles. The zero-order valence-electron chi connectivity index (χ0n) is 17.1. The third-order valence-corrected chi connectivity index (χ3v) is 7.03. The van der Waals surface area contributed by atoms with E-state index in [0.29, 0.717) is 12.0 Å². The predicted molar refractivity (Wildman–Crippen MR) is 117 cm³/mol. The van der Waals surface area contributed by atoms with Gasteiger partial charge in [-0.3, -0.25) is 4.79 Å². The second kappa shape index (κ2) is 8.07. The first kappa shape index (κ1) is 20.7. The number of hydrogen-bond donors (Lipinski definition) is 1. The van der Waals surface area contributed by atoms with Crippen LogP contribution in [0.25, 0.3) is 10.8 Å². The molecule has 0 saturated carbocycles. The second-order valence-electron chi connectivity index (χ2n) is 7.83. The number of benzene rings is 3. The number of carbonyl (C=O) groups is 1. The molecule has 3 aromatic rings. The minimum atomic E-state index is -4.22. The molecule has 5 rings (SSSR count). The number of ether oxygens (including phenoxy) is 2. The van der Waals surface area contributed by atoms with Gasteiger partial charge in [0.15, 0.2) is 5.82 Å². The molecule has 0 radical (unpaired) electrons. The number of anilines is 1. The number of halogens is 1. The average molecular weight is 456 g/mol. The molecule has 166 valence electrons. The molecule has 1 amide bonds. The Balaban J connectivity index is 1.63. The van der Waals surface area contributed by atoms with E-state index < -0.39 is 28.5 Å². The Kier molecular flexibility index (Phi) is 5.22. The van der Waals surface area contributed by atoms with Crippen molar-refractivity contribution >= 4 is 32.6 Å². The average Bonchev–Trinajstić information content (AvgIpc) is 3.40. The molecule has 1 N–H and O–H groups in total. The van der Waals surface area contributed by atoms with Gasteiger partial charge in [0.25, 0.3) is 5.91 Å². The molecule has 0 aromatic heterocycles. The molecule has 7 nitrogen and oxygen atoms in total. The van der Waals surface area contributed by atoms with Crippen molar-refractivity contribution in [1.29, 1.82) is 0 Å². The smallest absolute Gasteiger partial charge is 0.326 e. The Morgan fingerprint density at radius 3 is 2.66 bits per heavy atom. The van der Waals surface area contributed by atoms with Crippen molar-refractivity contribution in [2.24, 2.45) is 0 Å². The van der Waals surface area contributed by atoms with Crippen molar-refractivity contribution in [2.45, 2.75) is 25.6 Å². The van der Waals surface area contributed by atoms with Crippen LogP contribution >= 0.6 is 0 Å². The summed E-state index contributed by atoms with van der Waals surface area (Å²) in [5.74, 6) is -1.44. The van der Waals surface area contributed by atoms with Crippen molar-refractivity contribution in [3.8, 4) is 5.75 Å². The number of carbonyl (C=O) groups excluding carboxylic acids is 1. The van der Waals surface area contributed by atoms with Gasteiger partial charge < -0.3 is 9.47 Å². The number of fused-ring (bicyclic) bond motifs is 1. The summed E-state index contributed by atoms with van der Waals surface area (Å²) in [7, 11) is -4.22. The Hall–Kier alpha value is -3.17. The highest BCUT2D eigenvalue weighted by atomic mass is 32.2. The molecule has 2 saturated heterocycles. The molecule has 3 aromatic carbocycles. The number of nitrogens with one attached hydrogen (secondary N) is 1. The highest BCUT2D eigenvalue weighted by molar-refractivity contribution is 7.92. The molecule has 9 heteroatoms. The lowest BCUT2D eigenvalue weighted by Crippen LogP contribution is -2.30. The fraction of sp³-hybridized carbons (Fsp3) is 0.261. The number of nitrogens with zero attached hydrogens (tertiary/aromatic N) is 1. The molecule has 0 bridgehead atoms. The summed E-state index contributed by atoms with van der Waals surface area (Å²) < 4.78 is 55.1. The van der Waals surface area contributed by atoms with Gasteiger partial charge in [0.05, 0.1) is 6.10 Å². The summed E-state index contributed by atoms with van der Waals surface area (Å²) in [4.78, 5) is 11.8. The van der Waals surface area contributed by atoms with Crippen LogP contribution in [0.3, 0.4) is 0 Å². The summed E-state index contributed by atoms with van der Waals surface area (Å²) in [6.45, 7) is 0.252. The first-order valence-corrected chi connectivity index (χ1v) is 11.7. The molecule has 1 unspecified atom stereocenters. The minimum Gasteiger partial charge on any atom is -0.487 e. The lowest BCUT2D eigenvalue weighted by molar-refractivity contribution is -0.117. The van der Waals surface area contributed by atoms with Crippen molar-refractivity contribution in [1.82, 2.24) is 4.72 Å². The van der Waals surface area contributed by atoms with Gasteiger partial charge in [0, 0.05) is 12.0 Å². The van der Waals surface area contributed by atoms with Crippen LogP contribution < -0.4 is 13.8 Å². The van der Waals surface area contributed by atoms with Crippen LogP contribution in [0.4, 0.5) is 10.1 Å². The van der Waals surface area contributed by atoms with Crippen LogP contribution in [0.15, 0.2) is 54.6 Å². The standard InChI is InChI=1S/C23H21FN2O5S/c24-22-18-11-17(19-7-4-10-30-19)9-8-16(18)12-20(31-14-15-5-2-1-3-6-15)23(22)26-13-21(27)25-32(26,28)29/h1-3,5-6,8-9,11-12,19H,4,7,10,13-14H2,(H,25,27). The van der Waals surface area contributed by atoms with Crippen LogP contribution in [0, 0.1) is 5.82 Å². The van der Waals surface area contributed by atoms with E-state index in [9.17, 15) is 13.2 Å². The van der Waals surface area contributed by atoms with E-state index >= 15 is 4.39 Å². The lowest BCUT2D eigenvalue weighted by Gasteiger charge is -2.21. The second-order valence-corrected chi connectivity index (χ2v) is 9.43. The molecular weight excluding hydrogens is 435 g/mol. The topological polar surface area (TPSA) is 84.9 Å². The van der Waals surface area contributed by atoms with Crippen molar-refractivity contribution in [2.75, 3.05) is 17.5 Å². The third-order valence-electron chi connectivity index (χ3n) is 5.65. The van der Waals surface area contributed by atoms with Crippen molar-refractivity contribution < 1.29 is 27.1 Å². The molecule has 1 atom stereocenters. The van der Waals surface area contributed by atoms with E-state index in [4.69, 9.17) is 9.47 Å². The number of hydrogen-bond acceptors (Lipinski definition) is 5. The summed E-state index contributed by atoms with van der Waals surface area (Å²) in [5, 5.41) is 0.807. The van der Waals surface area contributed by atoms with Gasteiger partial charge in [-0.15, -0.1) is 0 Å². The summed E-state index contributed by atoms with van der Waals surface area (Å²) in [6.07, 6.45) is 1.66. The van der Waals surface area contributed by atoms with E-state index in [1.165, 1.54) is 0 Å². The Labute approximate surface area is 184 Å². The third kappa shape index (κ3) is 3.78. The summed E-state index contributed by atoms with van der Waals surface area (Å²) in [5.41, 5.74) is 1.39. The lowest BCUT2D eigenvalue weighted by atomic mass is 10.0. The van der Waals surface area contributed by atoms with Crippen LogP contribution in [-0.4, -0.2) is 27.5 Å². The quantitative estimate of drug-likeness (QED) is 0.634. The zero-order chi connectivity index (χ0) is 22.3. The normalized spacial score (nSPS) is 20.0. The van der Waals surface area contributed by atoms with Gasteiger partial charge in [0.1, 0.15) is 24.6 Å². The molecule has 32 heavy (non-hydrogen) atoms. The van der Waals surface area contributed by atoms with Crippen molar-refractivity contribution in [3.63, 3.8) is 0 Å². The zero-order valence-corrected chi connectivity index (χ0v) is 17.9. The molecular formula is C23H21FN2O5S. The minimum absolute atomic E-state index is 0.0452. The van der Waals surface area contributed by atoms with E-state index in [1.807, 2.05) is 41.1 Å². The monoisotopic (exact) mass is 456 g/mol.